The van der Waals surface area contributed by atoms with Crippen LogP contribution in [0.4, 0.5) is 0 Å². The van der Waals surface area contributed by atoms with Crippen LogP contribution < -0.4 is 0 Å². The lowest BCUT2D eigenvalue weighted by Gasteiger charge is -2.26. The van der Waals surface area contributed by atoms with E-state index in [1.54, 1.807) is 0 Å². The van der Waals surface area contributed by atoms with Gasteiger partial charge in [0.1, 0.15) is 0 Å². The van der Waals surface area contributed by atoms with Crippen LogP contribution in [-0.2, 0) is 4.79 Å². The van der Waals surface area contributed by atoms with E-state index in [1.165, 1.54) is 19.3 Å². The fourth-order valence-electron chi connectivity index (χ4n) is 1.75. The van der Waals surface area contributed by atoms with Gasteiger partial charge in [-0.25, -0.2) is 0 Å². The molecule has 0 unspecified atom stereocenters. The molecule has 17 heavy (non-hydrogen) atoms. The first-order valence-electron chi connectivity index (χ1n) is 6.96. The highest BCUT2D eigenvalue weighted by molar-refractivity contribution is 5.47. The molecule has 1 heterocycles. The second-order valence-electron chi connectivity index (χ2n) is 4.44. The molecule has 0 saturated carbocycles. The van der Waals surface area contributed by atoms with E-state index in [1.807, 2.05) is 4.90 Å². The Morgan fingerprint density at radius 3 is 2.12 bits per heavy atom. The number of likely N-dealkylation sites (tertiary alicyclic amines) is 1. The standard InChI is InChI=1S/C10H15NO.C5H12/c1-2-3-4-10-5-7-11(9-12)8-6-10;1-3-5-4-2/h9-10H,2,5-8H2,1H3;3-5H2,1-2H3. The van der Waals surface area contributed by atoms with Crippen LogP contribution in [0, 0.1) is 17.8 Å². The van der Waals surface area contributed by atoms with Gasteiger partial charge in [-0.05, 0) is 12.8 Å². The molecule has 1 rings (SSSR count). The van der Waals surface area contributed by atoms with E-state index in [4.69, 9.17) is 0 Å². The number of hydrogen-bond acceptors (Lipinski definition) is 1. The molecule has 0 radical (unpaired) electrons. The summed E-state index contributed by atoms with van der Waals surface area (Å²) in [6, 6.07) is 0. The minimum absolute atomic E-state index is 0.529. The third-order valence-corrected chi connectivity index (χ3v) is 2.87. The number of nitrogens with zero attached hydrogens (tertiary/aromatic N) is 1. The molecule has 2 nitrogen and oxygen atoms in total. The highest BCUT2D eigenvalue weighted by Gasteiger charge is 2.15. The first kappa shape index (κ1) is 16.0. The number of amides is 1. The minimum atomic E-state index is 0.529. The Bertz CT molecular complexity index is 229. The van der Waals surface area contributed by atoms with Gasteiger partial charge < -0.3 is 4.90 Å². The van der Waals surface area contributed by atoms with Crippen molar-refractivity contribution < 1.29 is 4.79 Å². The van der Waals surface area contributed by atoms with E-state index in [0.717, 1.165) is 38.8 Å². The maximum absolute atomic E-state index is 10.4. The van der Waals surface area contributed by atoms with Gasteiger partial charge in [-0.1, -0.05) is 46.0 Å². The largest absolute Gasteiger partial charge is 0.345 e. The SMILES string of the molecule is CCC#CC1CCN(C=O)CC1.CCCCC. The Balaban J connectivity index is 0.000000437. The molecule has 0 N–H and O–H groups in total. The molecule has 1 fully saturated rings. The second kappa shape index (κ2) is 11.5. The molecule has 0 atom stereocenters. The number of carbonyl (C=O) groups excluding carboxylic acids is 1. The van der Waals surface area contributed by atoms with Crippen LogP contribution in [-0.4, -0.2) is 24.4 Å². The van der Waals surface area contributed by atoms with Gasteiger partial charge in [0.25, 0.3) is 0 Å². The van der Waals surface area contributed by atoms with Gasteiger partial charge in [0.2, 0.25) is 6.41 Å². The van der Waals surface area contributed by atoms with Crippen molar-refractivity contribution in [3.05, 3.63) is 0 Å². The van der Waals surface area contributed by atoms with Crippen molar-refractivity contribution in [2.75, 3.05) is 13.1 Å². The minimum Gasteiger partial charge on any atom is -0.345 e. The van der Waals surface area contributed by atoms with Gasteiger partial charge in [0.05, 0.1) is 0 Å². The lowest BCUT2D eigenvalue weighted by molar-refractivity contribution is -0.119. The zero-order valence-electron chi connectivity index (χ0n) is 11.7. The molecular formula is C15H27NO. The van der Waals surface area contributed by atoms with Crippen LogP contribution in [0.15, 0.2) is 0 Å². The van der Waals surface area contributed by atoms with Crippen LogP contribution in [0.1, 0.15) is 59.3 Å². The Hall–Kier alpha value is -0.970. The summed E-state index contributed by atoms with van der Waals surface area (Å²) in [5.74, 6) is 6.85. The fraction of sp³-hybridized carbons (Fsp3) is 0.800. The molecule has 1 aliphatic rings. The third-order valence-electron chi connectivity index (χ3n) is 2.87. The van der Waals surface area contributed by atoms with Gasteiger partial charge in [0, 0.05) is 25.4 Å². The highest BCUT2D eigenvalue weighted by atomic mass is 16.1. The van der Waals surface area contributed by atoms with Gasteiger partial charge in [0.15, 0.2) is 0 Å². The Morgan fingerprint density at radius 2 is 1.76 bits per heavy atom. The van der Waals surface area contributed by atoms with E-state index in [9.17, 15) is 4.79 Å². The summed E-state index contributed by atoms with van der Waals surface area (Å²) in [5.41, 5.74) is 0. The molecule has 0 aliphatic carbocycles. The molecule has 2 heteroatoms. The maximum atomic E-state index is 10.4. The van der Waals surface area contributed by atoms with E-state index in [0.29, 0.717) is 5.92 Å². The van der Waals surface area contributed by atoms with Crippen molar-refractivity contribution in [2.24, 2.45) is 5.92 Å². The molecule has 1 saturated heterocycles. The first-order chi connectivity index (χ1) is 8.28. The van der Waals surface area contributed by atoms with Gasteiger partial charge in [-0.3, -0.25) is 4.79 Å². The molecule has 0 bridgehead atoms. The summed E-state index contributed by atoms with van der Waals surface area (Å²) in [5, 5.41) is 0. The summed E-state index contributed by atoms with van der Waals surface area (Å²) in [7, 11) is 0. The average Bonchev–Trinajstić information content (AvgIpc) is 2.38. The first-order valence-corrected chi connectivity index (χ1v) is 6.96. The number of unbranched alkanes of at least 4 members (excludes halogenated alkanes) is 2. The van der Waals surface area contributed by atoms with Crippen molar-refractivity contribution in [1.29, 1.82) is 0 Å². The molecular weight excluding hydrogens is 210 g/mol. The van der Waals surface area contributed by atoms with Crippen LogP contribution >= 0.6 is 0 Å². The maximum Gasteiger partial charge on any atom is 0.209 e. The summed E-state index contributed by atoms with van der Waals surface area (Å²) in [4.78, 5) is 12.2. The van der Waals surface area contributed by atoms with Crippen LogP contribution in [0.3, 0.4) is 0 Å². The van der Waals surface area contributed by atoms with Crippen LogP contribution in [0.5, 0.6) is 0 Å². The number of carbonyl (C=O) groups is 1. The van der Waals surface area contributed by atoms with E-state index in [2.05, 4.69) is 32.6 Å². The summed E-state index contributed by atoms with van der Waals surface area (Å²) in [6.45, 7) is 8.25. The van der Waals surface area contributed by atoms with Crippen molar-refractivity contribution in [3.8, 4) is 11.8 Å². The molecule has 1 amide bonds. The summed E-state index contributed by atoms with van der Waals surface area (Å²) in [6.07, 6.45) is 8.04. The highest BCUT2D eigenvalue weighted by Crippen LogP contribution is 2.14. The quantitative estimate of drug-likeness (QED) is 0.544. The lowest BCUT2D eigenvalue weighted by atomic mass is 9.98. The summed E-state index contributed by atoms with van der Waals surface area (Å²) < 4.78 is 0. The normalized spacial score (nSPS) is 15.4. The van der Waals surface area contributed by atoms with Crippen molar-refractivity contribution in [1.82, 2.24) is 4.90 Å². The lowest BCUT2D eigenvalue weighted by Crippen LogP contribution is -2.31. The predicted molar refractivity (Wildman–Crippen MR) is 73.6 cm³/mol. The smallest absolute Gasteiger partial charge is 0.209 e. The monoisotopic (exact) mass is 237 g/mol. The van der Waals surface area contributed by atoms with Crippen molar-refractivity contribution in [3.63, 3.8) is 0 Å². The topological polar surface area (TPSA) is 20.3 Å². The zero-order chi connectivity index (χ0) is 12.9. The summed E-state index contributed by atoms with van der Waals surface area (Å²) >= 11 is 0. The van der Waals surface area contributed by atoms with E-state index in [-0.39, 0.29) is 0 Å². The van der Waals surface area contributed by atoms with Crippen LogP contribution in [0.25, 0.3) is 0 Å². The van der Waals surface area contributed by atoms with E-state index >= 15 is 0 Å². The number of rotatable bonds is 3. The predicted octanol–water partition coefficient (Wildman–Crippen LogP) is 3.46. The van der Waals surface area contributed by atoms with Gasteiger partial charge in [-0.2, -0.15) is 0 Å². The van der Waals surface area contributed by atoms with Crippen molar-refractivity contribution >= 4 is 6.41 Å². The van der Waals surface area contributed by atoms with Gasteiger partial charge >= 0.3 is 0 Å². The average molecular weight is 237 g/mol. The van der Waals surface area contributed by atoms with E-state index < -0.39 is 0 Å². The Labute approximate surface area is 107 Å². The fourth-order valence-corrected chi connectivity index (χ4v) is 1.75. The number of hydrogen-bond donors (Lipinski definition) is 0. The van der Waals surface area contributed by atoms with Crippen LogP contribution in [0.2, 0.25) is 0 Å². The molecule has 1 aliphatic heterocycles. The molecule has 0 spiro atoms. The molecule has 98 valence electrons. The Kier molecular flexibility index (Phi) is 10.9. The number of piperidine rings is 1. The molecule has 0 aromatic rings. The molecule has 0 aromatic heterocycles. The zero-order valence-corrected chi connectivity index (χ0v) is 11.7. The Morgan fingerprint density at radius 1 is 1.18 bits per heavy atom. The molecule has 0 aromatic carbocycles. The third kappa shape index (κ3) is 8.80. The van der Waals surface area contributed by atoms with Gasteiger partial charge in [-0.15, -0.1) is 5.92 Å². The van der Waals surface area contributed by atoms with Crippen molar-refractivity contribution in [2.45, 2.75) is 59.3 Å². The second-order valence-corrected chi connectivity index (χ2v) is 4.44.